The van der Waals surface area contributed by atoms with E-state index >= 15 is 0 Å². The zero-order chi connectivity index (χ0) is 34.7. The lowest BCUT2D eigenvalue weighted by Gasteiger charge is -2.59. The molecule has 2 N–H and O–H groups in total. The number of carbonyl (C=O) groups is 1. The van der Waals surface area contributed by atoms with Gasteiger partial charge in [-0.25, -0.2) is 14.4 Å². The molecule has 0 radical (unpaired) electrons. The van der Waals surface area contributed by atoms with E-state index in [-0.39, 0.29) is 34.8 Å². The maximum absolute atomic E-state index is 14.3. The van der Waals surface area contributed by atoms with E-state index in [2.05, 4.69) is 37.4 Å². The monoisotopic (exact) mass is 674 g/mol. The molecule has 264 valence electrons. The van der Waals surface area contributed by atoms with E-state index in [0.29, 0.717) is 18.1 Å². The van der Waals surface area contributed by atoms with E-state index in [0.717, 1.165) is 63.7 Å². The van der Waals surface area contributed by atoms with Crippen LogP contribution in [0.15, 0.2) is 43.0 Å². The highest BCUT2D eigenvalue weighted by molar-refractivity contribution is 5.97. The molecule has 7 rings (SSSR count). The Hall–Kier alpha value is -3.87. The molecule has 2 saturated heterocycles. The topological polar surface area (TPSA) is 113 Å². The summed E-state index contributed by atoms with van der Waals surface area (Å²) in [6.45, 7) is 13.5. The zero-order valence-electron chi connectivity index (χ0n) is 29.6. The van der Waals surface area contributed by atoms with Crippen molar-refractivity contribution < 1.29 is 18.7 Å². The van der Waals surface area contributed by atoms with Crippen molar-refractivity contribution in [1.29, 1.82) is 0 Å². The Morgan fingerprint density at radius 2 is 1.90 bits per heavy atom. The Kier molecular flexibility index (Phi) is 10.7. The second kappa shape index (κ2) is 14.9. The molecule has 3 fully saturated rings. The predicted molar refractivity (Wildman–Crippen MR) is 188 cm³/mol. The first kappa shape index (κ1) is 35.0. The Bertz CT molecular complexity index is 1600. The second-order valence-electron chi connectivity index (χ2n) is 14.3. The molecule has 1 spiro atoms. The number of anilines is 1. The smallest absolute Gasteiger partial charge is 0.257 e. The second-order valence-corrected chi connectivity index (χ2v) is 14.3. The lowest BCUT2D eigenvalue weighted by atomic mass is 9.61. The third-order valence-electron chi connectivity index (χ3n) is 10.4. The van der Waals surface area contributed by atoms with Gasteiger partial charge >= 0.3 is 0 Å². The number of fused-ring (bicyclic) bond motifs is 1. The van der Waals surface area contributed by atoms with Crippen LogP contribution < -0.4 is 20.1 Å². The average Bonchev–Trinajstić information content (AvgIpc) is 3.05. The van der Waals surface area contributed by atoms with Crippen LogP contribution in [0.2, 0.25) is 0 Å². The van der Waals surface area contributed by atoms with Crippen LogP contribution in [-0.2, 0) is 13.0 Å². The molecule has 0 atom stereocenters. The number of rotatable bonds is 11. The molecule has 11 nitrogen and oxygen atoms in total. The molecule has 0 unspecified atom stereocenters. The van der Waals surface area contributed by atoms with Crippen LogP contribution >= 0.6 is 0 Å². The molecule has 5 heterocycles. The van der Waals surface area contributed by atoms with Gasteiger partial charge in [-0.1, -0.05) is 0 Å². The molecule has 2 aromatic heterocycles. The van der Waals surface area contributed by atoms with Crippen molar-refractivity contribution in [3.63, 3.8) is 0 Å². The Morgan fingerprint density at radius 3 is 2.61 bits per heavy atom. The molecule has 0 bridgehead atoms. The normalized spacial score (nSPS) is 18.9. The standard InChI is InChI=1S/C36H46FN7O3.CH5N/c1-5-44(24(2)3)35(45)28-14-26(37)6-7-31(28)47-33-17-38-23-40-34(33)43-21-36(22-43)15-27(16-36)46-32-8-11-39-30-10-13-42(20-29(30)32)12-9-25-18-41(4)19-25;1-2/h6-8,11,14,17,23-25,27H,5,9-10,12-13,15-16,18-22H2,1-4H3;2H2,1H3. The summed E-state index contributed by atoms with van der Waals surface area (Å²) in [5.41, 5.74) is 7.30. The summed E-state index contributed by atoms with van der Waals surface area (Å²) < 4.78 is 27.2. The number of amides is 1. The molecular weight excluding hydrogens is 623 g/mol. The minimum Gasteiger partial charge on any atom is -0.490 e. The fraction of sp³-hybridized carbons (Fsp3) is 0.568. The van der Waals surface area contributed by atoms with Gasteiger partial charge in [0.25, 0.3) is 5.91 Å². The molecule has 4 aliphatic rings. The SMILES string of the molecule is CCN(C(=O)c1cc(F)ccc1Oc1cncnc1N1CC2(CC(Oc3ccnc4c3CN(CCC3CN(C)C3)CC4)C2)C1)C(C)C.CN. The lowest BCUT2D eigenvalue weighted by Crippen LogP contribution is -2.65. The largest absolute Gasteiger partial charge is 0.490 e. The Morgan fingerprint density at radius 1 is 1.12 bits per heavy atom. The van der Waals surface area contributed by atoms with Crippen LogP contribution in [0, 0.1) is 17.2 Å². The van der Waals surface area contributed by atoms with Crippen LogP contribution in [0.1, 0.15) is 61.6 Å². The zero-order valence-corrected chi connectivity index (χ0v) is 29.6. The summed E-state index contributed by atoms with van der Waals surface area (Å²) in [4.78, 5) is 35.6. The average molecular weight is 675 g/mol. The van der Waals surface area contributed by atoms with Crippen LogP contribution in [0.5, 0.6) is 17.2 Å². The predicted octanol–water partition coefficient (Wildman–Crippen LogP) is 4.61. The number of pyridine rings is 1. The van der Waals surface area contributed by atoms with Crippen molar-refractivity contribution in [2.24, 2.45) is 17.1 Å². The van der Waals surface area contributed by atoms with Crippen LogP contribution in [0.25, 0.3) is 0 Å². The van der Waals surface area contributed by atoms with E-state index in [1.165, 1.54) is 62.3 Å². The van der Waals surface area contributed by atoms with Gasteiger partial charge in [0.2, 0.25) is 0 Å². The minimum atomic E-state index is -0.488. The van der Waals surface area contributed by atoms with E-state index in [4.69, 9.17) is 14.5 Å². The summed E-state index contributed by atoms with van der Waals surface area (Å²) in [5, 5.41) is 0. The molecule has 49 heavy (non-hydrogen) atoms. The number of nitrogens with two attached hydrogens (primary N) is 1. The maximum Gasteiger partial charge on any atom is 0.257 e. The van der Waals surface area contributed by atoms with Crippen molar-refractivity contribution in [1.82, 2.24) is 29.7 Å². The first-order valence-electron chi connectivity index (χ1n) is 17.7. The van der Waals surface area contributed by atoms with Gasteiger partial charge in [0.1, 0.15) is 29.7 Å². The van der Waals surface area contributed by atoms with Crippen molar-refractivity contribution in [3.8, 4) is 17.2 Å². The number of ether oxygens (including phenoxy) is 2. The maximum atomic E-state index is 14.3. The van der Waals surface area contributed by atoms with Gasteiger partial charge in [0.05, 0.1) is 11.8 Å². The summed E-state index contributed by atoms with van der Waals surface area (Å²) in [6, 6.07) is 6.06. The quantitative estimate of drug-likeness (QED) is 0.310. The molecule has 1 saturated carbocycles. The molecule has 3 aromatic rings. The van der Waals surface area contributed by atoms with E-state index in [1.54, 1.807) is 11.1 Å². The fourth-order valence-corrected chi connectivity index (χ4v) is 7.88. The van der Waals surface area contributed by atoms with Gasteiger partial charge in [-0.05, 0) is 90.9 Å². The lowest BCUT2D eigenvalue weighted by molar-refractivity contribution is -0.0353. The fourth-order valence-electron chi connectivity index (χ4n) is 7.88. The number of aromatic nitrogens is 3. The van der Waals surface area contributed by atoms with Gasteiger partial charge in [0.15, 0.2) is 11.6 Å². The van der Waals surface area contributed by atoms with Gasteiger partial charge < -0.3 is 29.9 Å². The number of carbonyl (C=O) groups excluding carboxylic acids is 1. The van der Waals surface area contributed by atoms with E-state index in [9.17, 15) is 9.18 Å². The molecule has 12 heteroatoms. The van der Waals surface area contributed by atoms with Crippen molar-refractivity contribution in [3.05, 3.63) is 65.6 Å². The minimum absolute atomic E-state index is 0.0326. The number of benzene rings is 1. The van der Waals surface area contributed by atoms with E-state index < -0.39 is 5.82 Å². The van der Waals surface area contributed by atoms with Gasteiger partial charge in [-0.15, -0.1) is 0 Å². The summed E-state index contributed by atoms with van der Waals surface area (Å²) in [6.07, 6.45) is 9.40. The highest BCUT2D eigenvalue weighted by Gasteiger charge is 2.54. The Labute approximate surface area is 289 Å². The van der Waals surface area contributed by atoms with Gasteiger partial charge in [-0.2, -0.15) is 0 Å². The highest BCUT2D eigenvalue weighted by Crippen LogP contribution is 2.52. The van der Waals surface area contributed by atoms with Crippen molar-refractivity contribution in [2.45, 2.75) is 65.1 Å². The third-order valence-corrected chi connectivity index (χ3v) is 10.4. The molecule has 1 aromatic carbocycles. The van der Waals surface area contributed by atoms with Crippen molar-refractivity contribution >= 4 is 11.7 Å². The van der Waals surface area contributed by atoms with E-state index in [1.807, 2.05) is 33.0 Å². The number of likely N-dealkylation sites (tertiary alicyclic amines) is 1. The highest BCUT2D eigenvalue weighted by atomic mass is 19.1. The number of hydrogen-bond acceptors (Lipinski definition) is 10. The van der Waals surface area contributed by atoms with Gasteiger partial charge in [0, 0.05) is 81.1 Å². The molecule has 1 aliphatic carbocycles. The summed E-state index contributed by atoms with van der Waals surface area (Å²) in [5.74, 6) is 2.46. The van der Waals surface area contributed by atoms with Crippen LogP contribution in [0.4, 0.5) is 10.2 Å². The third kappa shape index (κ3) is 7.51. The first-order valence-corrected chi connectivity index (χ1v) is 17.7. The molecular formula is C37H51FN8O3. The van der Waals surface area contributed by atoms with Crippen molar-refractivity contribution in [2.75, 3.05) is 64.8 Å². The molecule has 3 aliphatic heterocycles. The van der Waals surface area contributed by atoms with Crippen LogP contribution in [0.3, 0.4) is 0 Å². The molecule has 1 amide bonds. The van der Waals surface area contributed by atoms with Crippen LogP contribution in [-0.4, -0.2) is 108 Å². The summed E-state index contributed by atoms with van der Waals surface area (Å²) >= 11 is 0. The number of hydrogen-bond donors (Lipinski definition) is 1. The number of nitrogens with zero attached hydrogens (tertiary/aromatic N) is 7. The Balaban J connectivity index is 0.00000205. The number of halogens is 1. The first-order chi connectivity index (χ1) is 23.7. The van der Waals surface area contributed by atoms with Gasteiger partial charge in [-0.3, -0.25) is 14.7 Å². The summed E-state index contributed by atoms with van der Waals surface area (Å²) in [7, 11) is 3.69.